The SMILES string of the molecule is COc1ccc(/C=C/C(=O)Oc2ccc(C)cc2C(C)(C)C)c(OC)c1. The first kappa shape index (κ1) is 19.6. The summed E-state index contributed by atoms with van der Waals surface area (Å²) in [7, 11) is 3.17. The van der Waals surface area contributed by atoms with Crippen molar-refractivity contribution in [3.8, 4) is 17.2 Å². The lowest BCUT2D eigenvalue weighted by Gasteiger charge is -2.22. The van der Waals surface area contributed by atoms with Crippen molar-refractivity contribution in [2.24, 2.45) is 0 Å². The Morgan fingerprint density at radius 1 is 0.962 bits per heavy atom. The molecular weight excluding hydrogens is 328 g/mol. The molecule has 0 radical (unpaired) electrons. The molecule has 138 valence electrons. The smallest absolute Gasteiger partial charge is 0.336 e. The third-order valence-corrected chi connectivity index (χ3v) is 3.99. The van der Waals surface area contributed by atoms with Crippen LogP contribution >= 0.6 is 0 Å². The number of methoxy groups -OCH3 is 2. The molecule has 0 amide bonds. The fourth-order valence-corrected chi connectivity index (χ4v) is 2.58. The van der Waals surface area contributed by atoms with E-state index in [1.54, 1.807) is 26.4 Å². The molecule has 0 saturated carbocycles. The normalized spacial score (nSPS) is 11.5. The first-order chi connectivity index (χ1) is 12.2. The Labute approximate surface area is 155 Å². The highest BCUT2D eigenvalue weighted by Gasteiger charge is 2.20. The van der Waals surface area contributed by atoms with Crippen molar-refractivity contribution in [3.05, 3.63) is 59.2 Å². The van der Waals surface area contributed by atoms with Crippen LogP contribution in [0, 0.1) is 6.92 Å². The summed E-state index contributed by atoms with van der Waals surface area (Å²) in [5, 5.41) is 0. The summed E-state index contributed by atoms with van der Waals surface area (Å²) in [5.74, 6) is 1.46. The van der Waals surface area contributed by atoms with Crippen molar-refractivity contribution in [1.82, 2.24) is 0 Å². The van der Waals surface area contributed by atoms with Crippen LogP contribution in [0.15, 0.2) is 42.5 Å². The number of aryl methyl sites for hydroxylation is 1. The molecule has 0 unspecified atom stereocenters. The molecule has 2 aromatic rings. The van der Waals surface area contributed by atoms with Gasteiger partial charge in [-0.05, 0) is 36.6 Å². The minimum Gasteiger partial charge on any atom is -0.497 e. The Kier molecular flexibility index (Phi) is 6.09. The molecule has 0 aliphatic rings. The lowest BCUT2D eigenvalue weighted by molar-refractivity contribution is -0.128. The second kappa shape index (κ2) is 8.09. The van der Waals surface area contributed by atoms with Gasteiger partial charge in [0, 0.05) is 23.3 Å². The van der Waals surface area contributed by atoms with Crippen molar-refractivity contribution in [1.29, 1.82) is 0 Å². The van der Waals surface area contributed by atoms with Gasteiger partial charge in [-0.3, -0.25) is 0 Å². The Morgan fingerprint density at radius 3 is 2.31 bits per heavy atom. The van der Waals surface area contributed by atoms with E-state index in [0.717, 1.165) is 16.7 Å². The van der Waals surface area contributed by atoms with Crippen LogP contribution < -0.4 is 14.2 Å². The molecule has 0 bridgehead atoms. The number of esters is 1. The Bertz CT molecular complexity index is 813. The van der Waals surface area contributed by atoms with Crippen molar-refractivity contribution in [3.63, 3.8) is 0 Å². The second-order valence-electron chi connectivity index (χ2n) is 7.11. The van der Waals surface area contributed by atoms with E-state index in [9.17, 15) is 4.79 Å². The van der Waals surface area contributed by atoms with E-state index in [1.165, 1.54) is 6.08 Å². The van der Waals surface area contributed by atoms with Crippen LogP contribution in [-0.2, 0) is 10.2 Å². The van der Waals surface area contributed by atoms with E-state index < -0.39 is 5.97 Å². The zero-order chi connectivity index (χ0) is 19.3. The first-order valence-corrected chi connectivity index (χ1v) is 8.47. The fourth-order valence-electron chi connectivity index (χ4n) is 2.58. The van der Waals surface area contributed by atoms with Gasteiger partial charge < -0.3 is 14.2 Å². The number of carbonyl (C=O) groups excluding carboxylic acids is 1. The minimum atomic E-state index is -0.433. The first-order valence-electron chi connectivity index (χ1n) is 8.47. The van der Waals surface area contributed by atoms with Gasteiger partial charge in [-0.1, -0.05) is 38.5 Å². The lowest BCUT2D eigenvalue weighted by atomic mass is 9.85. The maximum atomic E-state index is 12.3. The van der Waals surface area contributed by atoms with Crippen molar-refractivity contribution >= 4 is 12.0 Å². The summed E-state index contributed by atoms with van der Waals surface area (Å²) >= 11 is 0. The molecular formula is C22H26O4. The summed E-state index contributed by atoms with van der Waals surface area (Å²) < 4.78 is 16.1. The average Bonchev–Trinajstić information content (AvgIpc) is 2.60. The molecule has 0 saturated heterocycles. The van der Waals surface area contributed by atoms with Crippen LogP contribution in [0.4, 0.5) is 0 Å². The van der Waals surface area contributed by atoms with Gasteiger partial charge in [0.2, 0.25) is 0 Å². The predicted molar refractivity (Wildman–Crippen MR) is 104 cm³/mol. The van der Waals surface area contributed by atoms with Gasteiger partial charge in [-0.25, -0.2) is 4.79 Å². The molecule has 2 aromatic carbocycles. The highest BCUT2D eigenvalue weighted by molar-refractivity contribution is 5.89. The second-order valence-corrected chi connectivity index (χ2v) is 7.11. The summed E-state index contributed by atoms with van der Waals surface area (Å²) in [5.41, 5.74) is 2.78. The van der Waals surface area contributed by atoms with Crippen LogP contribution in [0.25, 0.3) is 6.08 Å². The standard InChI is InChI=1S/C22H26O4/c1-15-7-11-19(18(13-15)22(2,3)4)26-21(23)12-9-16-8-10-17(24-5)14-20(16)25-6/h7-14H,1-6H3/b12-9+. The molecule has 0 atom stereocenters. The lowest BCUT2D eigenvalue weighted by Crippen LogP contribution is -2.15. The molecule has 0 spiro atoms. The summed E-state index contributed by atoms with van der Waals surface area (Å²) in [6.07, 6.45) is 3.07. The van der Waals surface area contributed by atoms with E-state index in [4.69, 9.17) is 14.2 Å². The molecule has 0 aliphatic heterocycles. The van der Waals surface area contributed by atoms with Crippen molar-refractivity contribution < 1.29 is 19.0 Å². The number of carbonyl (C=O) groups is 1. The molecule has 26 heavy (non-hydrogen) atoms. The van der Waals surface area contributed by atoms with E-state index >= 15 is 0 Å². The third-order valence-electron chi connectivity index (χ3n) is 3.99. The zero-order valence-electron chi connectivity index (χ0n) is 16.3. The van der Waals surface area contributed by atoms with Gasteiger partial charge in [-0.2, -0.15) is 0 Å². The Hall–Kier alpha value is -2.75. The molecule has 0 heterocycles. The van der Waals surface area contributed by atoms with E-state index in [1.807, 2.05) is 31.2 Å². The van der Waals surface area contributed by atoms with Crippen LogP contribution in [0.3, 0.4) is 0 Å². The monoisotopic (exact) mass is 354 g/mol. The van der Waals surface area contributed by atoms with Gasteiger partial charge in [0.25, 0.3) is 0 Å². The summed E-state index contributed by atoms with van der Waals surface area (Å²) in [6.45, 7) is 8.31. The Morgan fingerprint density at radius 2 is 1.69 bits per heavy atom. The minimum absolute atomic E-state index is 0.120. The number of benzene rings is 2. The van der Waals surface area contributed by atoms with Crippen molar-refractivity contribution in [2.45, 2.75) is 33.1 Å². The highest BCUT2D eigenvalue weighted by atomic mass is 16.5. The van der Waals surface area contributed by atoms with E-state index in [2.05, 4.69) is 26.8 Å². The zero-order valence-corrected chi connectivity index (χ0v) is 16.3. The van der Waals surface area contributed by atoms with Gasteiger partial charge in [0.05, 0.1) is 14.2 Å². The predicted octanol–water partition coefficient (Wildman–Crippen LogP) is 4.93. The quantitative estimate of drug-likeness (QED) is 0.434. The molecule has 2 rings (SSSR count). The summed E-state index contributed by atoms with van der Waals surface area (Å²) in [4.78, 5) is 12.3. The topological polar surface area (TPSA) is 44.8 Å². The summed E-state index contributed by atoms with van der Waals surface area (Å²) in [6, 6.07) is 11.2. The molecule has 0 N–H and O–H groups in total. The van der Waals surface area contributed by atoms with Crippen LogP contribution in [0.5, 0.6) is 17.2 Å². The van der Waals surface area contributed by atoms with Crippen LogP contribution in [0.2, 0.25) is 0 Å². The Balaban J connectivity index is 2.21. The molecule has 0 aromatic heterocycles. The number of hydrogen-bond acceptors (Lipinski definition) is 4. The van der Waals surface area contributed by atoms with Gasteiger partial charge in [-0.15, -0.1) is 0 Å². The third kappa shape index (κ3) is 4.88. The molecule has 4 heteroatoms. The van der Waals surface area contributed by atoms with Gasteiger partial charge in [0.1, 0.15) is 17.2 Å². The maximum absolute atomic E-state index is 12.3. The molecule has 4 nitrogen and oxygen atoms in total. The van der Waals surface area contributed by atoms with E-state index in [-0.39, 0.29) is 5.41 Å². The fraction of sp³-hybridized carbons (Fsp3) is 0.318. The maximum Gasteiger partial charge on any atom is 0.336 e. The number of ether oxygens (including phenoxy) is 3. The van der Waals surface area contributed by atoms with Crippen LogP contribution in [0.1, 0.15) is 37.5 Å². The highest BCUT2D eigenvalue weighted by Crippen LogP contribution is 2.32. The average molecular weight is 354 g/mol. The van der Waals surface area contributed by atoms with Gasteiger partial charge in [0.15, 0.2) is 0 Å². The van der Waals surface area contributed by atoms with Crippen molar-refractivity contribution in [2.75, 3.05) is 14.2 Å². The number of rotatable bonds is 5. The largest absolute Gasteiger partial charge is 0.497 e. The van der Waals surface area contributed by atoms with E-state index in [0.29, 0.717) is 17.2 Å². The number of hydrogen-bond donors (Lipinski definition) is 0. The molecule has 0 fully saturated rings. The van der Waals surface area contributed by atoms with Crippen LogP contribution in [-0.4, -0.2) is 20.2 Å². The van der Waals surface area contributed by atoms with Gasteiger partial charge >= 0.3 is 5.97 Å². The molecule has 0 aliphatic carbocycles.